The van der Waals surface area contributed by atoms with Gasteiger partial charge >= 0.3 is 0 Å². The molecule has 1 heterocycles. The molecular weight excluding hydrogens is 333 g/mol. The molecular formula is C16H24FN3O3S. The fourth-order valence-corrected chi connectivity index (χ4v) is 3.31. The summed E-state index contributed by atoms with van der Waals surface area (Å²) in [5, 5.41) is 2.93. The van der Waals surface area contributed by atoms with E-state index in [0.29, 0.717) is 18.7 Å². The second-order valence-electron chi connectivity index (χ2n) is 6.15. The number of halogens is 1. The van der Waals surface area contributed by atoms with E-state index in [1.54, 1.807) is 12.1 Å². The van der Waals surface area contributed by atoms with Crippen LogP contribution in [-0.2, 0) is 21.4 Å². The highest BCUT2D eigenvalue weighted by Crippen LogP contribution is 2.15. The first-order chi connectivity index (χ1) is 11.3. The van der Waals surface area contributed by atoms with Gasteiger partial charge in [-0.15, -0.1) is 0 Å². The topological polar surface area (TPSA) is 78.5 Å². The molecule has 1 aliphatic heterocycles. The summed E-state index contributed by atoms with van der Waals surface area (Å²) in [6.45, 7) is 2.15. The van der Waals surface area contributed by atoms with Crippen molar-refractivity contribution in [1.82, 2.24) is 14.9 Å². The minimum absolute atomic E-state index is 0.0104. The van der Waals surface area contributed by atoms with Crippen LogP contribution < -0.4 is 10.0 Å². The molecule has 0 spiro atoms. The van der Waals surface area contributed by atoms with Crippen LogP contribution in [0.1, 0.15) is 24.8 Å². The quantitative estimate of drug-likeness (QED) is 0.758. The molecule has 0 aliphatic carbocycles. The van der Waals surface area contributed by atoms with E-state index >= 15 is 0 Å². The summed E-state index contributed by atoms with van der Waals surface area (Å²) in [6, 6.07) is 6.72. The van der Waals surface area contributed by atoms with Gasteiger partial charge in [-0.3, -0.25) is 9.69 Å². The second kappa shape index (κ2) is 8.55. The van der Waals surface area contributed by atoms with E-state index in [2.05, 4.69) is 14.9 Å². The first kappa shape index (κ1) is 18.8. The van der Waals surface area contributed by atoms with Gasteiger partial charge in [-0.2, -0.15) is 0 Å². The first-order valence-electron chi connectivity index (χ1n) is 8.03. The van der Waals surface area contributed by atoms with Crippen LogP contribution in [0.3, 0.4) is 0 Å². The molecule has 0 radical (unpaired) electrons. The summed E-state index contributed by atoms with van der Waals surface area (Å²) >= 11 is 0. The summed E-state index contributed by atoms with van der Waals surface area (Å²) in [5.41, 5.74) is 0.654. The molecule has 1 fully saturated rings. The van der Waals surface area contributed by atoms with Crippen molar-refractivity contribution in [2.45, 2.75) is 31.8 Å². The highest BCUT2D eigenvalue weighted by Gasteiger charge is 2.22. The lowest BCUT2D eigenvalue weighted by Gasteiger charge is -2.33. The van der Waals surface area contributed by atoms with Gasteiger partial charge in [-0.25, -0.2) is 17.5 Å². The number of sulfonamides is 1. The largest absolute Gasteiger partial charge is 0.352 e. The van der Waals surface area contributed by atoms with E-state index in [4.69, 9.17) is 0 Å². The third-order valence-corrected chi connectivity index (χ3v) is 4.67. The minimum atomic E-state index is -3.27. The average molecular weight is 357 g/mol. The fraction of sp³-hybridized carbons (Fsp3) is 0.562. The van der Waals surface area contributed by atoms with E-state index < -0.39 is 10.0 Å². The molecule has 1 aliphatic rings. The Morgan fingerprint density at radius 1 is 1.38 bits per heavy atom. The van der Waals surface area contributed by atoms with Gasteiger partial charge in [0.05, 0.1) is 6.26 Å². The maximum atomic E-state index is 13.7. The molecule has 1 unspecified atom stereocenters. The Bertz CT molecular complexity index is 666. The van der Waals surface area contributed by atoms with Gasteiger partial charge in [0.25, 0.3) is 0 Å². The Morgan fingerprint density at radius 3 is 2.83 bits per heavy atom. The van der Waals surface area contributed by atoms with E-state index in [1.807, 2.05) is 6.07 Å². The van der Waals surface area contributed by atoms with Crippen LogP contribution in [0.25, 0.3) is 0 Å². The molecule has 2 rings (SSSR count). The number of piperidine rings is 1. The first-order valence-corrected chi connectivity index (χ1v) is 9.92. The average Bonchev–Trinajstić information content (AvgIpc) is 2.48. The van der Waals surface area contributed by atoms with Crippen LogP contribution in [0.15, 0.2) is 24.3 Å². The zero-order valence-corrected chi connectivity index (χ0v) is 14.6. The number of nitrogens with zero attached hydrogens (tertiary/aromatic N) is 1. The number of benzene rings is 1. The second-order valence-corrected chi connectivity index (χ2v) is 7.98. The predicted octanol–water partition coefficient (Wildman–Crippen LogP) is 0.846. The van der Waals surface area contributed by atoms with Gasteiger partial charge in [-0.05, 0) is 25.5 Å². The third-order valence-electron chi connectivity index (χ3n) is 3.94. The van der Waals surface area contributed by atoms with Crippen molar-refractivity contribution >= 4 is 15.9 Å². The SMILES string of the molecule is CS(=O)(=O)NCCC(=O)NC1CCCN(Cc2ccccc2F)C1. The standard InChI is InChI=1S/C16H24FN3O3S/c1-24(22,23)18-9-8-16(21)19-14-6-4-10-20(12-14)11-13-5-2-3-7-15(13)17/h2-3,5,7,14,18H,4,6,8-12H2,1H3,(H,19,21). The van der Waals surface area contributed by atoms with Crippen LogP contribution in [0.5, 0.6) is 0 Å². The molecule has 1 aromatic carbocycles. The minimum Gasteiger partial charge on any atom is -0.352 e. The molecule has 24 heavy (non-hydrogen) atoms. The lowest BCUT2D eigenvalue weighted by molar-refractivity contribution is -0.122. The van der Waals surface area contributed by atoms with Gasteiger partial charge in [0.1, 0.15) is 5.82 Å². The zero-order valence-electron chi connectivity index (χ0n) is 13.8. The van der Waals surface area contributed by atoms with Crippen molar-refractivity contribution in [3.8, 4) is 0 Å². The Hall–Kier alpha value is -1.51. The summed E-state index contributed by atoms with van der Waals surface area (Å²) in [4.78, 5) is 14.0. The molecule has 1 atom stereocenters. The van der Waals surface area contributed by atoms with Gasteiger partial charge < -0.3 is 5.32 Å². The Labute approximate surface area is 142 Å². The normalized spacial score (nSPS) is 19.2. The Kier molecular flexibility index (Phi) is 6.70. The third kappa shape index (κ3) is 6.54. The van der Waals surface area contributed by atoms with Gasteiger partial charge in [-0.1, -0.05) is 18.2 Å². The van der Waals surface area contributed by atoms with Crippen molar-refractivity contribution in [3.05, 3.63) is 35.6 Å². The molecule has 8 heteroatoms. The number of carbonyl (C=O) groups is 1. The van der Waals surface area contributed by atoms with Gasteiger partial charge in [0.2, 0.25) is 15.9 Å². The van der Waals surface area contributed by atoms with Crippen LogP contribution in [0, 0.1) is 5.82 Å². The van der Waals surface area contributed by atoms with E-state index in [-0.39, 0.29) is 30.7 Å². The van der Waals surface area contributed by atoms with Crippen molar-refractivity contribution in [1.29, 1.82) is 0 Å². The monoisotopic (exact) mass is 357 g/mol. The number of nitrogens with one attached hydrogen (secondary N) is 2. The highest BCUT2D eigenvalue weighted by atomic mass is 32.2. The highest BCUT2D eigenvalue weighted by molar-refractivity contribution is 7.88. The van der Waals surface area contributed by atoms with Gasteiger partial charge in [0.15, 0.2) is 0 Å². The van der Waals surface area contributed by atoms with Crippen molar-refractivity contribution < 1.29 is 17.6 Å². The van der Waals surface area contributed by atoms with Crippen molar-refractivity contribution in [2.75, 3.05) is 25.9 Å². The number of carbonyl (C=O) groups excluding carboxylic acids is 1. The smallest absolute Gasteiger partial charge is 0.221 e. The summed E-state index contributed by atoms with van der Waals surface area (Å²) in [6.07, 6.45) is 2.98. The van der Waals surface area contributed by atoms with Crippen LogP contribution >= 0.6 is 0 Å². The van der Waals surface area contributed by atoms with E-state index in [0.717, 1.165) is 25.6 Å². The maximum absolute atomic E-state index is 13.7. The van der Waals surface area contributed by atoms with Crippen LogP contribution in [0.4, 0.5) is 4.39 Å². The maximum Gasteiger partial charge on any atom is 0.221 e. The molecule has 1 amide bonds. The fourth-order valence-electron chi connectivity index (χ4n) is 2.83. The molecule has 1 aromatic rings. The number of likely N-dealkylation sites (tertiary alicyclic amines) is 1. The molecule has 134 valence electrons. The van der Waals surface area contributed by atoms with E-state index in [9.17, 15) is 17.6 Å². The Morgan fingerprint density at radius 2 is 2.12 bits per heavy atom. The predicted molar refractivity (Wildman–Crippen MR) is 90.3 cm³/mol. The molecule has 6 nitrogen and oxygen atoms in total. The summed E-state index contributed by atoms with van der Waals surface area (Å²) < 4.78 is 38.0. The molecule has 0 aromatic heterocycles. The lowest BCUT2D eigenvalue weighted by atomic mass is 10.0. The summed E-state index contributed by atoms with van der Waals surface area (Å²) in [7, 11) is -3.27. The van der Waals surface area contributed by atoms with Gasteiger partial charge in [0, 0.05) is 37.7 Å². The number of amides is 1. The summed E-state index contributed by atoms with van der Waals surface area (Å²) in [5.74, 6) is -0.389. The van der Waals surface area contributed by atoms with Crippen LogP contribution in [-0.4, -0.2) is 51.2 Å². The van der Waals surface area contributed by atoms with Crippen LogP contribution in [0.2, 0.25) is 0 Å². The lowest BCUT2D eigenvalue weighted by Crippen LogP contribution is -2.47. The number of rotatable bonds is 7. The van der Waals surface area contributed by atoms with E-state index in [1.165, 1.54) is 6.07 Å². The van der Waals surface area contributed by atoms with Crippen molar-refractivity contribution in [3.63, 3.8) is 0 Å². The number of hydrogen-bond donors (Lipinski definition) is 2. The van der Waals surface area contributed by atoms with Crippen molar-refractivity contribution in [2.24, 2.45) is 0 Å². The Balaban J connectivity index is 1.78. The molecule has 0 bridgehead atoms. The molecule has 2 N–H and O–H groups in total. The zero-order chi connectivity index (χ0) is 17.6. The molecule has 1 saturated heterocycles. The molecule has 0 saturated carbocycles. The number of hydrogen-bond acceptors (Lipinski definition) is 4.